The molecule has 0 fully saturated rings. The van der Waals surface area contributed by atoms with Crippen LogP contribution in [0.15, 0.2) is 30.3 Å². The summed E-state index contributed by atoms with van der Waals surface area (Å²) in [6.45, 7) is 0.554. The average Bonchev–Trinajstić information content (AvgIpc) is 3.36. The summed E-state index contributed by atoms with van der Waals surface area (Å²) >= 11 is 15.2. The van der Waals surface area contributed by atoms with Crippen LogP contribution in [0, 0.1) is 5.92 Å². The largest absolute Gasteiger partial charge is 0.481 e. The fourth-order valence-corrected chi connectivity index (χ4v) is 6.60. The second-order valence-electron chi connectivity index (χ2n) is 7.31. The van der Waals surface area contributed by atoms with Crippen molar-refractivity contribution in [1.29, 1.82) is 0 Å². The number of carbonyl (C=O) groups excluding carboxylic acids is 1. The van der Waals surface area contributed by atoms with E-state index in [4.69, 9.17) is 28.3 Å². The van der Waals surface area contributed by atoms with Crippen LogP contribution < -0.4 is 5.32 Å². The molecule has 2 atom stereocenters. The summed E-state index contributed by atoms with van der Waals surface area (Å²) < 4.78 is 1.37. The zero-order valence-corrected chi connectivity index (χ0v) is 19.1. The third-order valence-electron chi connectivity index (χ3n) is 5.41. The number of benzene rings is 1. The quantitative estimate of drug-likeness (QED) is 0.373. The van der Waals surface area contributed by atoms with Gasteiger partial charge in [0.1, 0.15) is 10.0 Å². The first-order valence-electron chi connectivity index (χ1n) is 9.56. The van der Waals surface area contributed by atoms with Crippen LogP contribution in [-0.4, -0.2) is 40.0 Å². The fraction of sp³-hybridized carbons (Fsp3) is 0.333. The molecule has 2 heterocycles. The number of H-pyrrole nitrogens is 1. The van der Waals surface area contributed by atoms with Crippen LogP contribution in [0.25, 0.3) is 10.2 Å². The predicted molar refractivity (Wildman–Crippen MR) is 124 cm³/mol. The van der Waals surface area contributed by atoms with Crippen LogP contribution in [0.3, 0.4) is 0 Å². The standard InChI is InChI=1S/C21H20Cl2N2O3S2/c22-18-19-16(30-20(18)23)8-15(25-19)21(28)24-9-12-7-11-3-1-2-4-13(11)14(12)10-29-6-5-17(26)27/h1-4,8,12,14,25H,5-7,9-10H2,(H,24,28)(H,26,27)/t12?,14-/m0/s1. The van der Waals surface area contributed by atoms with Gasteiger partial charge in [0.2, 0.25) is 0 Å². The van der Waals surface area contributed by atoms with Gasteiger partial charge in [-0.15, -0.1) is 11.3 Å². The lowest BCUT2D eigenvalue weighted by molar-refractivity contribution is -0.136. The van der Waals surface area contributed by atoms with Crippen LogP contribution in [0.4, 0.5) is 0 Å². The lowest BCUT2D eigenvalue weighted by Gasteiger charge is -2.20. The van der Waals surface area contributed by atoms with Gasteiger partial charge in [-0.05, 0) is 35.4 Å². The third kappa shape index (κ3) is 4.49. The normalized spacial score (nSPS) is 17.9. The van der Waals surface area contributed by atoms with E-state index in [1.165, 1.54) is 22.5 Å². The Balaban J connectivity index is 1.41. The predicted octanol–water partition coefficient (Wildman–Crippen LogP) is 5.43. The Labute approximate surface area is 192 Å². The van der Waals surface area contributed by atoms with E-state index in [1.807, 2.05) is 12.1 Å². The van der Waals surface area contributed by atoms with Gasteiger partial charge >= 0.3 is 5.97 Å². The number of halogens is 2. The summed E-state index contributed by atoms with van der Waals surface area (Å²) in [6, 6.07) is 10.1. The van der Waals surface area contributed by atoms with Crippen molar-refractivity contribution in [3.63, 3.8) is 0 Å². The number of rotatable bonds is 8. The van der Waals surface area contributed by atoms with Gasteiger partial charge in [0.25, 0.3) is 5.91 Å². The van der Waals surface area contributed by atoms with Crippen molar-refractivity contribution in [3.05, 3.63) is 56.5 Å². The molecule has 0 spiro atoms. The zero-order chi connectivity index (χ0) is 21.3. The molecule has 3 aromatic rings. The van der Waals surface area contributed by atoms with Gasteiger partial charge in [-0.1, -0.05) is 47.5 Å². The molecular weight excluding hydrogens is 463 g/mol. The van der Waals surface area contributed by atoms with Gasteiger partial charge in [-0.25, -0.2) is 0 Å². The number of carboxylic acids is 1. The number of nitrogens with one attached hydrogen (secondary N) is 2. The fourth-order valence-electron chi connectivity index (χ4n) is 3.93. The number of aliphatic carboxylic acids is 1. The van der Waals surface area contributed by atoms with Gasteiger partial charge in [-0.2, -0.15) is 11.8 Å². The van der Waals surface area contributed by atoms with Gasteiger partial charge < -0.3 is 15.4 Å². The Morgan fingerprint density at radius 2 is 2.10 bits per heavy atom. The van der Waals surface area contributed by atoms with E-state index in [1.54, 1.807) is 17.8 Å². The lowest BCUT2D eigenvalue weighted by atomic mass is 9.94. The highest BCUT2D eigenvalue weighted by Crippen LogP contribution is 2.40. The molecule has 158 valence electrons. The molecule has 0 aliphatic heterocycles. The number of hydrogen-bond acceptors (Lipinski definition) is 4. The van der Waals surface area contributed by atoms with E-state index >= 15 is 0 Å². The minimum absolute atomic E-state index is 0.164. The second-order valence-corrected chi connectivity index (χ2v) is 10.5. The van der Waals surface area contributed by atoms with Gasteiger partial charge in [-0.3, -0.25) is 9.59 Å². The van der Waals surface area contributed by atoms with Crippen LogP contribution in [0.1, 0.15) is 34.0 Å². The van der Waals surface area contributed by atoms with Gasteiger partial charge in [0, 0.05) is 18.1 Å². The molecule has 1 aliphatic rings. The maximum Gasteiger partial charge on any atom is 0.304 e. The SMILES string of the molecule is O=C(O)CCSC[C@@H]1c2ccccc2CC1CNC(=O)c1cc2sc(Cl)c(Cl)c2[nH]1. The molecule has 1 unspecified atom stereocenters. The number of amides is 1. The van der Waals surface area contributed by atoms with Crippen molar-refractivity contribution >= 4 is 68.4 Å². The van der Waals surface area contributed by atoms with Crippen molar-refractivity contribution < 1.29 is 14.7 Å². The van der Waals surface area contributed by atoms with E-state index < -0.39 is 5.97 Å². The number of carboxylic acid groups (broad SMARTS) is 1. The maximum absolute atomic E-state index is 12.7. The summed E-state index contributed by atoms with van der Waals surface area (Å²) in [6.07, 6.45) is 1.07. The number of thioether (sulfide) groups is 1. The summed E-state index contributed by atoms with van der Waals surface area (Å²) in [5, 5.41) is 12.4. The van der Waals surface area contributed by atoms with E-state index in [9.17, 15) is 9.59 Å². The first kappa shape index (κ1) is 21.6. The number of fused-ring (bicyclic) bond motifs is 2. The molecule has 2 aromatic heterocycles. The van der Waals surface area contributed by atoms with Crippen molar-refractivity contribution in [3.8, 4) is 0 Å². The minimum atomic E-state index is -0.773. The number of aromatic amines is 1. The molecule has 0 saturated carbocycles. The van der Waals surface area contributed by atoms with E-state index in [-0.39, 0.29) is 18.2 Å². The van der Waals surface area contributed by atoms with Crippen LogP contribution in [0.2, 0.25) is 9.36 Å². The Morgan fingerprint density at radius 1 is 1.30 bits per heavy atom. The highest BCUT2D eigenvalue weighted by atomic mass is 35.5. The summed E-state index contributed by atoms with van der Waals surface area (Å²) in [7, 11) is 0. The molecule has 0 saturated heterocycles. The Hall–Kier alpha value is -1.67. The maximum atomic E-state index is 12.7. The summed E-state index contributed by atoms with van der Waals surface area (Å²) in [5.74, 6) is 1.06. The molecule has 1 aromatic carbocycles. The molecule has 1 aliphatic carbocycles. The topological polar surface area (TPSA) is 82.2 Å². The van der Waals surface area contributed by atoms with Gasteiger partial charge in [0.15, 0.2) is 0 Å². The Kier molecular flexibility index (Phi) is 6.63. The molecule has 5 nitrogen and oxygen atoms in total. The second kappa shape index (κ2) is 9.22. The van der Waals surface area contributed by atoms with Crippen molar-refractivity contribution in [2.24, 2.45) is 5.92 Å². The Bertz CT molecular complexity index is 1100. The van der Waals surface area contributed by atoms with E-state index in [2.05, 4.69) is 22.4 Å². The monoisotopic (exact) mass is 482 g/mol. The zero-order valence-electron chi connectivity index (χ0n) is 15.9. The molecule has 0 bridgehead atoms. The van der Waals surface area contributed by atoms with Crippen molar-refractivity contribution in [2.75, 3.05) is 18.1 Å². The van der Waals surface area contributed by atoms with E-state index in [0.29, 0.717) is 38.8 Å². The van der Waals surface area contributed by atoms with E-state index in [0.717, 1.165) is 16.9 Å². The summed E-state index contributed by atoms with van der Waals surface area (Å²) in [4.78, 5) is 26.5. The molecule has 4 rings (SSSR count). The number of aromatic nitrogens is 1. The molecular formula is C21H20Cl2N2O3S2. The van der Waals surface area contributed by atoms with Crippen LogP contribution in [-0.2, 0) is 11.2 Å². The first-order valence-corrected chi connectivity index (χ1v) is 12.3. The number of thiophene rings is 1. The Morgan fingerprint density at radius 3 is 2.87 bits per heavy atom. The van der Waals surface area contributed by atoms with Crippen LogP contribution in [0.5, 0.6) is 0 Å². The molecule has 30 heavy (non-hydrogen) atoms. The highest BCUT2D eigenvalue weighted by Gasteiger charge is 2.32. The summed E-state index contributed by atoms with van der Waals surface area (Å²) in [5.41, 5.74) is 3.78. The van der Waals surface area contributed by atoms with Crippen molar-refractivity contribution in [1.82, 2.24) is 10.3 Å². The lowest BCUT2D eigenvalue weighted by Crippen LogP contribution is -2.31. The number of hydrogen-bond donors (Lipinski definition) is 3. The van der Waals surface area contributed by atoms with Crippen molar-refractivity contribution in [2.45, 2.75) is 18.8 Å². The van der Waals surface area contributed by atoms with Gasteiger partial charge in [0.05, 0.1) is 21.7 Å². The van der Waals surface area contributed by atoms with Crippen LogP contribution >= 0.6 is 46.3 Å². The smallest absolute Gasteiger partial charge is 0.304 e. The third-order valence-corrected chi connectivity index (χ3v) is 8.43. The molecule has 3 N–H and O–H groups in total. The molecule has 9 heteroatoms. The molecule has 0 radical (unpaired) electrons. The number of carbonyl (C=O) groups is 2. The molecule has 1 amide bonds. The highest BCUT2D eigenvalue weighted by molar-refractivity contribution is 7.99. The average molecular weight is 483 g/mol. The first-order chi connectivity index (χ1) is 14.4. The minimum Gasteiger partial charge on any atom is -0.481 e.